The normalized spacial score (nSPS) is 14.9. The Morgan fingerprint density at radius 3 is 2.37 bits per heavy atom. The Morgan fingerprint density at radius 1 is 0.914 bits per heavy atom. The second-order valence-electron chi connectivity index (χ2n) is 7.95. The lowest BCUT2D eigenvalue weighted by Crippen LogP contribution is -2.54. The molecule has 4 rings (SSSR count). The van der Waals surface area contributed by atoms with Crippen molar-refractivity contribution in [3.8, 4) is 5.75 Å². The first-order chi connectivity index (χ1) is 16.6. The maximum absolute atomic E-state index is 13.3. The van der Waals surface area contributed by atoms with Crippen molar-refractivity contribution in [2.75, 3.05) is 4.90 Å². The van der Waals surface area contributed by atoms with Crippen LogP contribution in [0.15, 0.2) is 60.2 Å². The maximum atomic E-state index is 13.3. The summed E-state index contributed by atoms with van der Waals surface area (Å²) in [6.07, 6.45) is 1.35. The number of aryl methyl sites for hydroxylation is 2. The third-order valence-electron chi connectivity index (χ3n) is 5.38. The van der Waals surface area contributed by atoms with Gasteiger partial charge in [-0.15, -0.1) is 0 Å². The molecule has 0 saturated carbocycles. The van der Waals surface area contributed by atoms with Crippen molar-refractivity contribution in [3.05, 3.63) is 97.5 Å². The van der Waals surface area contributed by atoms with Crippen LogP contribution in [0.5, 0.6) is 5.75 Å². The van der Waals surface area contributed by atoms with Gasteiger partial charge in [0, 0.05) is 26.2 Å². The van der Waals surface area contributed by atoms with E-state index >= 15 is 0 Å². The third kappa shape index (κ3) is 5.35. The number of hydrogen-bond donors (Lipinski definition) is 1. The zero-order valence-electron chi connectivity index (χ0n) is 18.7. The molecule has 178 valence electrons. The lowest BCUT2D eigenvalue weighted by atomic mass is 10.0. The molecular weight excluding hydrogens is 511 g/mol. The van der Waals surface area contributed by atoms with Gasteiger partial charge in [0.15, 0.2) is 0 Å². The SMILES string of the molecule is Cc1ccc(C)c(N2C(=O)NC(=O)/C(=C\c3cc(Cl)ccc3OCc3ccc(Cl)cc3Cl)C2=O)c1. The number of ether oxygens (including phenoxy) is 1. The lowest BCUT2D eigenvalue weighted by molar-refractivity contribution is -0.122. The fourth-order valence-electron chi connectivity index (χ4n) is 3.55. The molecule has 3 aromatic carbocycles. The fraction of sp³-hybridized carbons (Fsp3) is 0.115. The molecule has 1 heterocycles. The summed E-state index contributed by atoms with van der Waals surface area (Å²) in [5, 5.41) is 3.55. The number of carbonyl (C=O) groups is 3. The minimum absolute atomic E-state index is 0.112. The summed E-state index contributed by atoms with van der Waals surface area (Å²) < 4.78 is 5.92. The van der Waals surface area contributed by atoms with E-state index in [-0.39, 0.29) is 12.2 Å². The van der Waals surface area contributed by atoms with Gasteiger partial charge in [0.2, 0.25) is 0 Å². The average molecular weight is 530 g/mol. The Hall–Kier alpha value is -3.32. The first kappa shape index (κ1) is 24.8. The number of hydrogen-bond acceptors (Lipinski definition) is 4. The molecular formula is C26H19Cl3N2O4. The van der Waals surface area contributed by atoms with Gasteiger partial charge in [-0.3, -0.25) is 14.9 Å². The highest BCUT2D eigenvalue weighted by atomic mass is 35.5. The van der Waals surface area contributed by atoms with Crippen LogP contribution in [0.3, 0.4) is 0 Å². The fourth-order valence-corrected chi connectivity index (χ4v) is 4.19. The van der Waals surface area contributed by atoms with Gasteiger partial charge >= 0.3 is 6.03 Å². The Bertz CT molecular complexity index is 1400. The van der Waals surface area contributed by atoms with Crippen LogP contribution in [0, 0.1) is 13.8 Å². The van der Waals surface area contributed by atoms with Crippen molar-refractivity contribution in [2.24, 2.45) is 0 Å². The van der Waals surface area contributed by atoms with E-state index in [1.807, 2.05) is 13.0 Å². The summed E-state index contributed by atoms with van der Waals surface area (Å²) in [6, 6.07) is 14.4. The van der Waals surface area contributed by atoms with Crippen molar-refractivity contribution in [1.29, 1.82) is 0 Å². The quantitative estimate of drug-likeness (QED) is 0.302. The summed E-state index contributed by atoms with van der Waals surface area (Å²) >= 11 is 18.4. The molecule has 6 nitrogen and oxygen atoms in total. The summed E-state index contributed by atoms with van der Waals surface area (Å²) in [4.78, 5) is 39.5. The Labute approximate surface area is 217 Å². The van der Waals surface area contributed by atoms with Crippen LogP contribution in [0.4, 0.5) is 10.5 Å². The van der Waals surface area contributed by atoms with Crippen molar-refractivity contribution in [1.82, 2.24) is 5.32 Å². The molecule has 4 amide bonds. The van der Waals surface area contributed by atoms with Crippen LogP contribution in [0.2, 0.25) is 15.1 Å². The first-order valence-electron chi connectivity index (χ1n) is 10.5. The highest BCUT2D eigenvalue weighted by Crippen LogP contribution is 2.30. The van der Waals surface area contributed by atoms with Crippen LogP contribution < -0.4 is 15.0 Å². The third-order valence-corrected chi connectivity index (χ3v) is 6.20. The maximum Gasteiger partial charge on any atom is 0.335 e. The van der Waals surface area contributed by atoms with Crippen LogP contribution in [0.25, 0.3) is 6.08 Å². The first-order valence-corrected chi connectivity index (χ1v) is 11.6. The predicted molar refractivity (Wildman–Crippen MR) is 137 cm³/mol. The zero-order chi connectivity index (χ0) is 25.3. The number of rotatable bonds is 5. The van der Waals surface area contributed by atoms with Gasteiger partial charge in [-0.25, -0.2) is 9.69 Å². The number of urea groups is 1. The van der Waals surface area contributed by atoms with E-state index in [2.05, 4.69) is 5.32 Å². The smallest absolute Gasteiger partial charge is 0.335 e. The molecule has 1 saturated heterocycles. The number of benzene rings is 3. The lowest BCUT2D eigenvalue weighted by Gasteiger charge is -2.28. The molecule has 1 aliphatic rings. The standard InChI is InChI=1S/C26H19Cl3N2O4/c1-14-3-4-15(2)22(9-14)31-25(33)20(24(32)30-26(31)34)11-17-10-18(27)7-8-23(17)35-13-16-5-6-19(28)12-21(16)29/h3-12H,13H2,1-2H3,(H,30,32,34)/b20-11+. The minimum Gasteiger partial charge on any atom is -0.488 e. The molecule has 0 bridgehead atoms. The summed E-state index contributed by atoms with van der Waals surface area (Å²) in [7, 11) is 0. The van der Waals surface area contributed by atoms with Gasteiger partial charge in [0.25, 0.3) is 11.8 Å². The number of halogens is 3. The van der Waals surface area contributed by atoms with E-state index in [0.29, 0.717) is 43.2 Å². The van der Waals surface area contributed by atoms with Crippen molar-refractivity contribution in [2.45, 2.75) is 20.5 Å². The number of carbonyl (C=O) groups excluding carboxylic acids is 3. The number of anilines is 1. The van der Waals surface area contributed by atoms with Crippen molar-refractivity contribution >= 4 is 64.4 Å². The largest absolute Gasteiger partial charge is 0.488 e. The highest BCUT2D eigenvalue weighted by molar-refractivity contribution is 6.39. The molecule has 0 radical (unpaired) electrons. The van der Waals surface area contributed by atoms with E-state index in [0.717, 1.165) is 10.5 Å². The second-order valence-corrected chi connectivity index (χ2v) is 9.23. The summed E-state index contributed by atoms with van der Waals surface area (Å²) in [6.45, 7) is 3.74. The van der Waals surface area contributed by atoms with Crippen LogP contribution in [-0.2, 0) is 16.2 Å². The van der Waals surface area contributed by atoms with Gasteiger partial charge in [-0.2, -0.15) is 0 Å². The van der Waals surface area contributed by atoms with Crippen molar-refractivity contribution in [3.63, 3.8) is 0 Å². The Kier molecular flexibility index (Phi) is 7.17. The van der Waals surface area contributed by atoms with E-state index in [1.54, 1.807) is 55.5 Å². The van der Waals surface area contributed by atoms with Crippen LogP contribution in [-0.4, -0.2) is 17.8 Å². The van der Waals surface area contributed by atoms with Crippen LogP contribution in [0.1, 0.15) is 22.3 Å². The molecule has 0 spiro atoms. The summed E-state index contributed by atoms with van der Waals surface area (Å²) in [5.41, 5.74) is 2.81. The molecule has 1 fully saturated rings. The number of nitrogens with one attached hydrogen (secondary N) is 1. The average Bonchev–Trinajstić information content (AvgIpc) is 2.79. The number of barbiturate groups is 1. The van der Waals surface area contributed by atoms with Crippen molar-refractivity contribution < 1.29 is 19.1 Å². The highest BCUT2D eigenvalue weighted by Gasteiger charge is 2.37. The van der Waals surface area contributed by atoms with Gasteiger partial charge in [-0.1, -0.05) is 53.0 Å². The molecule has 0 aromatic heterocycles. The number of imide groups is 2. The molecule has 0 atom stereocenters. The van der Waals surface area contributed by atoms with E-state index in [4.69, 9.17) is 39.5 Å². The topological polar surface area (TPSA) is 75.7 Å². The molecule has 0 aliphatic carbocycles. The minimum atomic E-state index is -0.814. The van der Waals surface area contributed by atoms with Gasteiger partial charge in [-0.05, 0) is 67.4 Å². The molecule has 9 heteroatoms. The van der Waals surface area contributed by atoms with E-state index in [9.17, 15) is 14.4 Å². The van der Waals surface area contributed by atoms with Gasteiger partial charge in [0.05, 0.1) is 5.69 Å². The van der Waals surface area contributed by atoms with Crippen LogP contribution >= 0.6 is 34.8 Å². The second kappa shape index (κ2) is 10.1. The Balaban J connectivity index is 1.70. The predicted octanol–water partition coefficient (Wildman–Crippen LogP) is 6.51. The number of nitrogens with zero attached hydrogens (tertiary/aromatic N) is 1. The Morgan fingerprint density at radius 2 is 1.63 bits per heavy atom. The molecule has 3 aromatic rings. The molecule has 1 aliphatic heterocycles. The molecule has 1 N–H and O–H groups in total. The molecule has 35 heavy (non-hydrogen) atoms. The number of amides is 4. The van der Waals surface area contributed by atoms with Gasteiger partial charge in [0.1, 0.15) is 17.9 Å². The van der Waals surface area contributed by atoms with Gasteiger partial charge < -0.3 is 4.74 Å². The zero-order valence-corrected chi connectivity index (χ0v) is 21.0. The van der Waals surface area contributed by atoms with E-state index < -0.39 is 17.8 Å². The monoisotopic (exact) mass is 528 g/mol. The molecule has 0 unspecified atom stereocenters. The summed E-state index contributed by atoms with van der Waals surface area (Å²) in [5.74, 6) is -1.20. The van der Waals surface area contributed by atoms with E-state index in [1.165, 1.54) is 6.08 Å².